The second kappa shape index (κ2) is 7.97. The van der Waals surface area contributed by atoms with Crippen LogP contribution in [-0.4, -0.2) is 34.7 Å². The molecule has 0 heterocycles. The number of hydrogen-bond acceptors (Lipinski definition) is 4. The summed E-state index contributed by atoms with van der Waals surface area (Å²) in [5.74, 6) is 0.396. The van der Waals surface area contributed by atoms with Crippen molar-refractivity contribution in [1.29, 1.82) is 0 Å². The molecule has 26 heavy (non-hydrogen) atoms. The minimum Gasteiger partial charge on any atom is -0.497 e. The first kappa shape index (κ1) is 20.1. The Hall–Kier alpha value is -2.25. The molecule has 0 radical (unpaired) electrons. The van der Waals surface area contributed by atoms with E-state index in [2.05, 4.69) is 5.32 Å². The average Bonchev–Trinajstić information content (AvgIpc) is 2.60. The molecule has 2 aromatic carbocycles. The Labute approximate surface area is 158 Å². The van der Waals surface area contributed by atoms with E-state index in [1.165, 1.54) is 19.2 Å². The summed E-state index contributed by atoms with van der Waals surface area (Å²) in [6.45, 7) is 1.86. The van der Waals surface area contributed by atoms with Gasteiger partial charge in [0.15, 0.2) is 0 Å². The molecule has 0 aliphatic carbocycles. The molecule has 2 aromatic rings. The number of ether oxygens (including phenoxy) is 1. The van der Waals surface area contributed by atoms with Gasteiger partial charge in [-0.3, -0.25) is 9.10 Å². The van der Waals surface area contributed by atoms with Gasteiger partial charge in [-0.2, -0.15) is 0 Å². The van der Waals surface area contributed by atoms with Crippen LogP contribution in [0.4, 0.5) is 5.69 Å². The first-order valence-electron chi connectivity index (χ1n) is 7.81. The number of carbonyl (C=O) groups excluding carboxylic acids is 1. The van der Waals surface area contributed by atoms with E-state index in [1.54, 1.807) is 13.2 Å². The molecule has 0 spiro atoms. The van der Waals surface area contributed by atoms with E-state index in [1.807, 2.05) is 31.2 Å². The van der Waals surface area contributed by atoms with Crippen molar-refractivity contribution in [1.82, 2.24) is 5.32 Å². The molecule has 0 saturated carbocycles. The second-order valence-electron chi connectivity index (χ2n) is 5.86. The maximum absolute atomic E-state index is 12.5. The number of carbonyl (C=O) groups is 1. The standard InChI is InChI=1S/C18H21ClN2O4S/c1-12(13-5-8-15(25-3)9-6-13)20-18(22)16-10-7-14(11-17(16)19)21(2)26(4,23)24/h5-12H,1-4H3,(H,20,22)/t12-/m0/s1. The summed E-state index contributed by atoms with van der Waals surface area (Å²) < 4.78 is 29.4. The van der Waals surface area contributed by atoms with Crippen LogP contribution in [0.3, 0.4) is 0 Å². The molecular formula is C18H21ClN2O4S. The number of anilines is 1. The third-order valence-electron chi connectivity index (χ3n) is 4.02. The van der Waals surface area contributed by atoms with Crippen molar-refractivity contribution in [2.75, 3.05) is 24.7 Å². The van der Waals surface area contributed by atoms with Crippen LogP contribution in [0.5, 0.6) is 5.75 Å². The van der Waals surface area contributed by atoms with Crippen LogP contribution >= 0.6 is 11.6 Å². The molecule has 8 heteroatoms. The van der Waals surface area contributed by atoms with Crippen molar-refractivity contribution < 1.29 is 17.9 Å². The van der Waals surface area contributed by atoms with Gasteiger partial charge >= 0.3 is 0 Å². The lowest BCUT2D eigenvalue weighted by Crippen LogP contribution is -2.27. The van der Waals surface area contributed by atoms with E-state index < -0.39 is 10.0 Å². The summed E-state index contributed by atoms with van der Waals surface area (Å²) in [4.78, 5) is 12.5. The second-order valence-corrected chi connectivity index (χ2v) is 8.28. The van der Waals surface area contributed by atoms with E-state index in [9.17, 15) is 13.2 Å². The summed E-state index contributed by atoms with van der Waals surface area (Å²) in [7, 11) is -0.389. The lowest BCUT2D eigenvalue weighted by Gasteiger charge is -2.18. The molecule has 0 fully saturated rings. The highest BCUT2D eigenvalue weighted by molar-refractivity contribution is 7.92. The van der Waals surface area contributed by atoms with Gasteiger partial charge in [-0.1, -0.05) is 23.7 Å². The Kier molecular flexibility index (Phi) is 6.15. The fourth-order valence-electron chi connectivity index (χ4n) is 2.33. The molecular weight excluding hydrogens is 376 g/mol. The van der Waals surface area contributed by atoms with Crippen molar-refractivity contribution in [2.45, 2.75) is 13.0 Å². The number of halogens is 1. The van der Waals surface area contributed by atoms with Gasteiger partial charge in [-0.25, -0.2) is 8.42 Å². The molecule has 1 amide bonds. The fraction of sp³-hybridized carbons (Fsp3) is 0.278. The van der Waals surface area contributed by atoms with E-state index in [0.29, 0.717) is 5.69 Å². The highest BCUT2D eigenvalue weighted by Gasteiger charge is 2.18. The molecule has 0 aliphatic rings. The third kappa shape index (κ3) is 4.68. The maximum atomic E-state index is 12.5. The summed E-state index contributed by atoms with van der Waals surface area (Å²) >= 11 is 6.19. The summed E-state index contributed by atoms with van der Waals surface area (Å²) in [6, 6.07) is 11.7. The molecule has 0 aliphatic heterocycles. The topological polar surface area (TPSA) is 75.7 Å². The third-order valence-corrected chi connectivity index (χ3v) is 5.54. The van der Waals surface area contributed by atoms with Crippen LogP contribution in [-0.2, 0) is 10.0 Å². The van der Waals surface area contributed by atoms with Crippen LogP contribution in [0.2, 0.25) is 5.02 Å². The van der Waals surface area contributed by atoms with Gasteiger partial charge in [0.05, 0.1) is 35.7 Å². The molecule has 0 bridgehead atoms. The smallest absolute Gasteiger partial charge is 0.253 e. The first-order chi connectivity index (χ1) is 12.1. The number of methoxy groups -OCH3 is 1. The number of rotatable bonds is 6. The van der Waals surface area contributed by atoms with E-state index in [-0.39, 0.29) is 22.5 Å². The van der Waals surface area contributed by atoms with Crippen molar-refractivity contribution in [3.05, 3.63) is 58.6 Å². The van der Waals surface area contributed by atoms with Crippen LogP contribution < -0.4 is 14.4 Å². The number of hydrogen-bond donors (Lipinski definition) is 1. The maximum Gasteiger partial charge on any atom is 0.253 e. The number of nitrogens with one attached hydrogen (secondary N) is 1. The van der Waals surface area contributed by atoms with Crippen molar-refractivity contribution >= 4 is 33.2 Å². The molecule has 1 atom stereocenters. The number of sulfonamides is 1. The largest absolute Gasteiger partial charge is 0.497 e. The number of nitrogens with zero attached hydrogens (tertiary/aromatic N) is 1. The predicted molar refractivity (Wildman–Crippen MR) is 104 cm³/mol. The zero-order chi connectivity index (χ0) is 19.5. The normalized spacial score (nSPS) is 12.3. The monoisotopic (exact) mass is 396 g/mol. The van der Waals surface area contributed by atoms with Crippen LogP contribution in [0.15, 0.2) is 42.5 Å². The van der Waals surface area contributed by atoms with Crippen molar-refractivity contribution in [3.63, 3.8) is 0 Å². The van der Waals surface area contributed by atoms with Crippen LogP contribution in [0.25, 0.3) is 0 Å². The predicted octanol–water partition coefficient (Wildman–Crippen LogP) is 3.24. The average molecular weight is 397 g/mol. The number of benzene rings is 2. The molecule has 0 aromatic heterocycles. The van der Waals surface area contributed by atoms with E-state index in [0.717, 1.165) is 21.9 Å². The molecule has 1 N–H and O–H groups in total. The van der Waals surface area contributed by atoms with Crippen molar-refractivity contribution in [2.24, 2.45) is 0 Å². The Morgan fingerprint density at radius 1 is 1.19 bits per heavy atom. The van der Waals surface area contributed by atoms with E-state index in [4.69, 9.17) is 16.3 Å². The Balaban J connectivity index is 2.16. The summed E-state index contributed by atoms with van der Waals surface area (Å²) in [5.41, 5.74) is 1.58. The highest BCUT2D eigenvalue weighted by Crippen LogP contribution is 2.25. The van der Waals surface area contributed by atoms with E-state index >= 15 is 0 Å². The zero-order valence-electron chi connectivity index (χ0n) is 15.0. The van der Waals surface area contributed by atoms with Gasteiger partial charge in [0.2, 0.25) is 10.0 Å². The first-order valence-corrected chi connectivity index (χ1v) is 10.0. The quantitative estimate of drug-likeness (QED) is 0.813. The summed E-state index contributed by atoms with van der Waals surface area (Å²) in [5, 5.41) is 3.05. The summed E-state index contributed by atoms with van der Waals surface area (Å²) in [6.07, 6.45) is 1.10. The minimum absolute atomic E-state index is 0.178. The SMILES string of the molecule is COc1ccc([C@H](C)NC(=O)c2ccc(N(C)S(C)(=O)=O)cc2Cl)cc1. The zero-order valence-corrected chi connectivity index (χ0v) is 16.6. The number of amides is 1. The molecule has 0 saturated heterocycles. The lowest BCUT2D eigenvalue weighted by molar-refractivity contribution is 0.0940. The highest BCUT2D eigenvalue weighted by atomic mass is 35.5. The van der Waals surface area contributed by atoms with Gasteiger partial charge in [-0.15, -0.1) is 0 Å². The van der Waals surface area contributed by atoms with Gasteiger partial charge in [0.1, 0.15) is 5.75 Å². The Bertz CT molecular complexity index is 898. The van der Waals surface area contributed by atoms with Gasteiger partial charge in [0.25, 0.3) is 5.91 Å². The van der Waals surface area contributed by atoms with Crippen LogP contribution in [0.1, 0.15) is 28.9 Å². The molecule has 2 rings (SSSR count). The molecule has 0 unspecified atom stereocenters. The lowest BCUT2D eigenvalue weighted by atomic mass is 10.1. The Morgan fingerprint density at radius 2 is 1.81 bits per heavy atom. The van der Waals surface area contributed by atoms with Gasteiger partial charge in [-0.05, 0) is 42.8 Å². The van der Waals surface area contributed by atoms with Crippen LogP contribution in [0, 0.1) is 0 Å². The van der Waals surface area contributed by atoms with Crippen molar-refractivity contribution in [3.8, 4) is 5.75 Å². The molecule has 6 nitrogen and oxygen atoms in total. The Morgan fingerprint density at radius 3 is 2.31 bits per heavy atom. The fourth-order valence-corrected chi connectivity index (χ4v) is 3.08. The van der Waals surface area contributed by atoms with Gasteiger partial charge in [0, 0.05) is 7.05 Å². The van der Waals surface area contributed by atoms with Gasteiger partial charge < -0.3 is 10.1 Å². The minimum atomic E-state index is -3.40. The molecule has 140 valence electrons.